The van der Waals surface area contributed by atoms with Crippen molar-refractivity contribution in [3.63, 3.8) is 0 Å². The molecule has 0 spiro atoms. The van der Waals surface area contributed by atoms with Crippen LogP contribution in [0.15, 0.2) is 59.4 Å². The van der Waals surface area contributed by atoms with Gasteiger partial charge in [-0.3, -0.25) is 52.8 Å². The van der Waals surface area contributed by atoms with Gasteiger partial charge in [-0.1, -0.05) is 43.7 Å². The summed E-state index contributed by atoms with van der Waals surface area (Å²) in [6.45, 7) is 1.73. The number of unbranched alkanes of at least 4 members (excludes halogenated alkanes) is 3. The van der Waals surface area contributed by atoms with Crippen LogP contribution in [0.5, 0.6) is 0 Å². The predicted molar refractivity (Wildman–Crippen MR) is 289 cm³/mol. The number of Topliss-reactive ketones (excluding diaryl/α,β-unsaturated/α-hetero) is 3. The van der Waals surface area contributed by atoms with E-state index in [0.717, 1.165) is 10.5 Å². The summed E-state index contributed by atoms with van der Waals surface area (Å²) in [5.74, 6) is -6.19. The molecule has 2 aromatic carbocycles. The van der Waals surface area contributed by atoms with Crippen LogP contribution in [0, 0.1) is 18.7 Å². The van der Waals surface area contributed by atoms with Gasteiger partial charge < -0.3 is 40.8 Å². The molecular weight excluding hydrogens is 1050 g/mol. The highest BCUT2D eigenvalue weighted by molar-refractivity contribution is 6.12. The normalized spacial score (nSPS) is 17.4. The number of ketones is 3. The second-order valence-electron chi connectivity index (χ2n) is 21.1. The van der Waals surface area contributed by atoms with E-state index in [1.807, 2.05) is 0 Å². The van der Waals surface area contributed by atoms with E-state index in [2.05, 4.69) is 21.3 Å². The number of benzene rings is 2. The molecule has 0 bridgehead atoms. The summed E-state index contributed by atoms with van der Waals surface area (Å²) in [4.78, 5) is 148. The third-order valence-electron chi connectivity index (χ3n) is 15.6. The van der Waals surface area contributed by atoms with Gasteiger partial charge in [0.05, 0.1) is 54.8 Å². The van der Waals surface area contributed by atoms with Gasteiger partial charge in [-0.05, 0) is 86.6 Å². The summed E-state index contributed by atoms with van der Waals surface area (Å²) in [5.41, 5.74) is 1.58. The van der Waals surface area contributed by atoms with Gasteiger partial charge in [0.15, 0.2) is 17.2 Å². The van der Waals surface area contributed by atoms with E-state index in [9.17, 15) is 63.0 Å². The number of cyclic esters (lactones) is 1. The number of carbonyl (C=O) groups excluding carboxylic acids is 10. The Balaban J connectivity index is 0.791. The highest BCUT2D eigenvalue weighted by Gasteiger charge is 2.46. The van der Waals surface area contributed by atoms with Crippen LogP contribution < -0.4 is 26.8 Å². The molecule has 0 saturated carbocycles. The van der Waals surface area contributed by atoms with Gasteiger partial charge in [0, 0.05) is 85.7 Å². The molecule has 0 radical (unpaired) electrons. The molecule has 5 heterocycles. The van der Waals surface area contributed by atoms with E-state index in [1.54, 1.807) is 50.2 Å². The Hall–Kier alpha value is -8.11. The van der Waals surface area contributed by atoms with Crippen LogP contribution in [0.1, 0.15) is 135 Å². The highest BCUT2D eigenvalue weighted by atomic mass is 19.1. The first-order valence-corrected chi connectivity index (χ1v) is 27.5. The second kappa shape index (κ2) is 26.0. The molecule has 8 rings (SSSR count). The van der Waals surface area contributed by atoms with Crippen molar-refractivity contribution in [2.45, 2.75) is 141 Å². The van der Waals surface area contributed by atoms with Gasteiger partial charge in [0.1, 0.15) is 24.2 Å². The number of esters is 1. The van der Waals surface area contributed by atoms with E-state index >= 15 is 4.39 Å². The smallest absolute Gasteiger partial charge is 0.343 e. The number of imide groups is 1. The minimum atomic E-state index is -2.07. The van der Waals surface area contributed by atoms with Crippen LogP contribution in [-0.2, 0) is 84.3 Å². The van der Waals surface area contributed by atoms with Crippen molar-refractivity contribution in [1.82, 2.24) is 35.7 Å². The van der Waals surface area contributed by atoms with E-state index < -0.39 is 77.0 Å². The fourth-order valence-electron chi connectivity index (χ4n) is 11.0. The molecule has 428 valence electrons. The molecule has 3 aliphatic heterocycles. The molecule has 81 heavy (non-hydrogen) atoms. The molecule has 0 unspecified atom stereocenters. The van der Waals surface area contributed by atoms with Crippen LogP contribution >= 0.6 is 0 Å². The minimum Gasteiger partial charge on any atom is -0.458 e. The van der Waals surface area contributed by atoms with E-state index in [0.29, 0.717) is 71.1 Å². The van der Waals surface area contributed by atoms with Crippen molar-refractivity contribution in [2.75, 3.05) is 26.2 Å². The van der Waals surface area contributed by atoms with Crippen LogP contribution in [-0.4, -0.2) is 116 Å². The maximum Gasteiger partial charge on any atom is 0.343 e. The topological polar surface area (TPSA) is 307 Å². The number of amides is 6. The third-order valence-corrected chi connectivity index (χ3v) is 15.6. The number of nitrogens with zero attached hydrogens (tertiary/aromatic N) is 3. The number of aliphatic hydroxyl groups excluding tert-OH is 1. The van der Waals surface area contributed by atoms with E-state index in [4.69, 9.17) is 9.72 Å². The number of hydrogen-bond donors (Lipinski definition) is 6. The molecule has 1 aliphatic carbocycles. The Morgan fingerprint density at radius 1 is 0.815 bits per heavy atom. The SMILES string of the molecule is CC[C@@]1(O)C(=O)OCc2c1cc1n(c2=O)Cc2c-1nc1cc(F)c(C)c3c1c2[C@@H](NC(=O)[C@H](CO)NC(=O)CCCCC(=O)CNC(=O)[C@@H](CC(=O)CNC(=O)CCC(=O)CCCCCN1C(=O)C=CC1=O)Cc1ccccc1)CC3. The molecule has 21 nitrogen and oxygen atoms in total. The molecule has 4 aliphatic rings. The number of ether oxygens (including phenoxy) is 1. The van der Waals surface area contributed by atoms with Crippen molar-refractivity contribution in [3.8, 4) is 11.4 Å². The number of rotatable bonds is 28. The van der Waals surface area contributed by atoms with Crippen LogP contribution in [0.2, 0.25) is 0 Å². The number of carbonyl (C=O) groups is 10. The van der Waals surface area contributed by atoms with Gasteiger partial charge >= 0.3 is 5.97 Å². The number of aliphatic hydroxyl groups is 2. The zero-order chi connectivity index (χ0) is 58.1. The molecule has 4 atom stereocenters. The van der Waals surface area contributed by atoms with Gasteiger partial charge in [-0.25, -0.2) is 14.2 Å². The first-order valence-electron chi connectivity index (χ1n) is 27.5. The largest absolute Gasteiger partial charge is 0.458 e. The third kappa shape index (κ3) is 13.4. The molecule has 6 amide bonds. The molecule has 6 N–H and O–H groups in total. The van der Waals surface area contributed by atoms with Crippen molar-refractivity contribution >= 4 is 69.7 Å². The summed E-state index contributed by atoms with van der Waals surface area (Å²) in [5, 5.41) is 33.0. The average Bonchev–Trinajstić information content (AvgIpc) is 2.39. The predicted octanol–water partition coefficient (Wildman–Crippen LogP) is 3.12. The Bertz CT molecular complexity index is 3280. The fourth-order valence-corrected chi connectivity index (χ4v) is 11.0. The Labute approximate surface area is 465 Å². The lowest BCUT2D eigenvalue weighted by atomic mass is 9.81. The first-order chi connectivity index (χ1) is 38.8. The molecule has 22 heteroatoms. The van der Waals surface area contributed by atoms with Crippen LogP contribution in [0.3, 0.4) is 0 Å². The number of halogens is 1. The number of aryl methyl sites for hydroxylation is 1. The number of nitrogens with one attached hydrogen (secondary N) is 4. The van der Waals surface area contributed by atoms with Crippen molar-refractivity contribution in [3.05, 3.63) is 110 Å². The van der Waals surface area contributed by atoms with Crippen molar-refractivity contribution in [1.29, 1.82) is 0 Å². The average molecular weight is 1120 g/mol. The number of aromatic nitrogens is 2. The maximum absolute atomic E-state index is 15.4. The van der Waals surface area contributed by atoms with Crippen molar-refractivity contribution < 1.29 is 67.3 Å². The van der Waals surface area contributed by atoms with Gasteiger partial charge in [-0.2, -0.15) is 0 Å². The van der Waals surface area contributed by atoms with E-state index in [-0.39, 0.29) is 137 Å². The monoisotopic (exact) mass is 1120 g/mol. The zero-order valence-corrected chi connectivity index (χ0v) is 45.3. The molecule has 0 saturated heterocycles. The fraction of sp³-hybridized carbons (Fsp3) is 0.458. The number of hydrogen-bond acceptors (Lipinski definition) is 15. The zero-order valence-electron chi connectivity index (χ0n) is 45.3. The maximum atomic E-state index is 15.4. The summed E-state index contributed by atoms with van der Waals surface area (Å²) < 4.78 is 22.1. The standard InChI is InChI=1S/C59H66FN7O14/c1-3-59(80)42-26-47-54-40(30-67(47)57(78)41(42)32-81-58(59)79)53-44(19-18-39-33(2)43(60)27-45(64-54)52(39)53)65-56(77)46(31-68)63-49(73)16-10-9-15-37(70)28-62-55(76)35(24-34-12-6-4-7-13-34)25-38(71)29-61-48(72)20-17-36(69)14-8-5-11-23-66-50(74)21-22-51(66)75/h4,6-7,12-13,21-22,26-27,35,44,46,68,80H,3,5,8-11,14-20,23-25,28-32H2,1-2H3,(H,61,72)(H,62,76)(H,63,73)(H,65,77)/t35-,44+,46+,59+/m1/s1. The molecule has 2 aromatic heterocycles. The van der Waals surface area contributed by atoms with Gasteiger partial charge in [0.25, 0.3) is 17.4 Å². The Kier molecular flexibility index (Phi) is 18.9. The number of fused-ring (bicyclic) bond motifs is 5. The summed E-state index contributed by atoms with van der Waals surface area (Å²) >= 11 is 0. The summed E-state index contributed by atoms with van der Waals surface area (Å²) in [6.07, 6.45) is 5.09. The lowest BCUT2D eigenvalue weighted by Crippen LogP contribution is -2.50. The second-order valence-corrected chi connectivity index (χ2v) is 21.1. The van der Waals surface area contributed by atoms with Gasteiger partial charge in [0.2, 0.25) is 23.6 Å². The van der Waals surface area contributed by atoms with E-state index in [1.165, 1.54) is 22.8 Å². The summed E-state index contributed by atoms with van der Waals surface area (Å²) in [7, 11) is 0. The first kappa shape index (κ1) is 59.0. The van der Waals surface area contributed by atoms with Crippen LogP contribution in [0.4, 0.5) is 4.39 Å². The lowest BCUT2D eigenvalue weighted by molar-refractivity contribution is -0.172. The Morgan fingerprint density at radius 2 is 1.52 bits per heavy atom. The molecular formula is C59H66FN7O14. The van der Waals surface area contributed by atoms with Crippen LogP contribution in [0.25, 0.3) is 22.3 Å². The number of pyridine rings is 2. The van der Waals surface area contributed by atoms with Gasteiger partial charge in [-0.15, -0.1) is 0 Å². The molecule has 0 fully saturated rings. The lowest BCUT2D eigenvalue weighted by Gasteiger charge is -2.31. The minimum absolute atomic E-state index is 0.00345. The highest BCUT2D eigenvalue weighted by Crippen LogP contribution is 2.46. The Morgan fingerprint density at radius 3 is 2.25 bits per heavy atom. The summed E-state index contributed by atoms with van der Waals surface area (Å²) in [6, 6.07) is 9.69. The molecule has 4 aromatic rings. The quantitative estimate of drug-likeness (QED) is 0.0238. The van der Waals surface area contributed by atoms with Crippen molar-refractivity contribution in [2.24, 2.45) is 5.92 Å².